The predicted molar refractivity (Wildman–Crippen MR) is 122 cm³/mol. The van der Waals surface area contributed by atoms with Gasteiger partial charge in [0.25, 0.3) is 0 Å². The topological polar surface area (TPSA) is 96.9 Å². The lowest BCUT2D eigenvalue weighted by molar-refractivity contribution is -0.143. The smallest absolute Gasteiger partial charge is 0.407 e. The Morgan fingerprint density at radius 2 is 1.71 bits per heavy atom. The maximum absolute atomic E-state index is 12.0. The number of aliphatic hydroxyl groups excluding tert-OH is 1. The van der Waals surface area contributed by atoms with Gasteiger partial charge in [0.05, 0.1) is 13.2 Å². The summed E-state index contributed by atoms with van der Waals surface area (Å²) in [5.74, 6) is -0.298. The highest BCUT2D eigenvalue weighted by molar-refractivity contribution is 5.75. The normalized spacial score (nSPS) is 12.7. The molecule has 1 aromatic rings. The molecule has 0 aliphatic carbocycles. The van der Waals surface area contributed by atoms with Gasteiger partial charge in [0.15, 0.2) is 0 Å². The van der Waals surface area contributed by atoms with Crippen molar-refractivity contribution in [2.75, 3.05) is 20.2 Å². The van der Waals surface area contributed by atoms with Crippen molar-refractivity contribution < 1.29 is 24.2 Å². The van der Waals surface area contributed by atoms with Crippen molar-refractivity contribution >= 4 is 12.1 Å². The van der Waals surface area contributed by atoms with Crippen molar-refractivity contribution in [2.45, 2.75) is 83.5 Å². The summed E-state index contributed by atoms with van der Waals surface area (Å²) in [5.41, 5.74) is 0.940. The number of rotatable bonds is 17. The number of hydrogen-bond acceptors (Lipinski definition) is 6. The van der Waals surface area contributed by atoms with Crippen LogP contribution >= 0.6 is 0 Å². The minimum atomic E-state index is -0.445. The van der Waals surface area contributed by atoms with Gasteiger partial charge >= 0.3 is 12.1 Å². The first-order valence-electron chi connectivity index (χ1n) is 11.5. The first kappa shape index (κ1) is 26.9. The van der Waals surface area contributed by atoms with Crippen molar-refractivity contribution in [1.82, 2.24) is 10.6 Å². The molecular weight excluding hydrogens is 396 g/mol. The molecule has 1 aromatic carbocycles. The van der Waals surface area contributed by atoms with E-state index in [1.54, 1.807) is 0 Å². The van der Waals surface area contributed by atoms with Crippen LogP contribution in [-0.2, 0) is 20.9 Å². The zero-order chi connectivity index (χ0) is 22.7. The number of methoxy groups -OCH3 is 1. The number of ether oxygens (including phenoxy) is 2. The largest absolute Gasteiger partial charge is 0.468 e. The summed E-state index contributed by atoms with van der Waals surface area (Å²) in [5, 5.41) is 16.0. The number of amides is 1. The molecule has 0 aliphatic rings. The van der Waals surface area contributed by atoms with Crippen LogP contribution in [0.4, 0.5) is 4.79 Å². The van der Waals surface area contributed by atoms with E-state index in [2.05, 4.69) is 17.6 Å². The zero-order valence-electron chi connectivity index (χ0n) is 19.1. The van der Waals surface area contributed by atoms with Gasteiger partial charge in [0, 0.05) is 6.54 Å². The van der Waals surface area contributed by atoms with Gasteiger partial charge in [-0.05, 0) is 44.2 Å². The molecule has 0 fully saturated rings. The average Bonchev–Trinajstić information content (AvgIpc) is 2.79. The molecule has 0 spiro atoms. The second-order valence-electron chi connectivity index (χ2n) is 7.81. The Kier molecular flexibility index (Phi) is 15.2. The van der Waals surface area contributed by atoms with Gasteiger partial charge in [0.1, 0.15) is 12.6 Å². The van der Waals surface area contributed by atoms with Crippen LogP contribution in [0.25, 0.3) is 0 Å². The SMILES string of the molecule is CCCCCCC(O)CCNC(CCCCNC(=O)OCc1ccccc1)C(=O)OC. The highest BCUT2D eigenvalue weighted by atomic mass is 16.5. The van der Waals surface area contributed by atoms with E-state index in [0.29, 0.717) is 25.9 Å². The van der Waals surface area contributed by atoms with E-state index < -0.39 is 12.1 Å². The van der Waals surface area contributed by atoms with Gasteiger partial charge in [-0.3, -0.25) is 4.79 Å². The number of unbranched alkanes of at least 4 members (excludes halogenated alkanes) is 4. The summed E-state index contributed by atoms with van der Waals surface area (Å²) in [4.78, 5) is 23.7. The molecule has 2 atom stereocenters. The van der Waals surface area contributed by atoms with Crippen molar-refractivity contribution in [3.63, 3.8) is 0 Å². The molecule has 0 bridgehead atoms. The minimum absolute atomic E-state index is 0.242. The number of esters is 1. The van der Waals surface area contributed by atoms with E-state index in [0.717, 1.165) is 37.7 Å². The summed E-state index contributed by atoms with van der Waals surface area (Å²) in [7, 11) is 1.38. The first-order chi connectivity index (χ1) is 15.1. The third-order valence-corrected chi connectivity index (χ3v) is 5.15. The molecule has 7 heteroatoms. The predicted octanol–water partition coefficient (Wildman–Crippen LogP) is 3.94. The molecule has 31 heavy (non-hydrogen) atoms. The summed E-state index contributed by atoms with van der Waals surface area (Å²) < 4.78 is 10.0. The van der Waals surface area contributed by atoms with Crippen LogP contribution in [-0.4, -0.2) is 49.5 Å². The maximum atomic E-state index is 12.0. The van der Waals surface area contributed by atoms with Crippen molar-refractivity contribution in [2.24, 2.45) is 0 Å². The molecule has 7 nitrogen and oxygen atoms in total. The fraction of sp³-hybridized carbons (Fsp3) is 0.667. The monoisotopic (exact) mass is 436 g/mol. The fourth-order valence-electron chi connectivity index (χ4n) is 3.26. The Hall–Kier alpha value is -2.12. The molecule has 0 aromatic heterocycles. The van der Waals surface area contributed by atoms with Gasteiger partial charge < -0.3 is 25.2 Å². The van der Waals surface area contributed by atoms with Crippen molar-refractivity contribution in [3.05, 3.63) is 35.9 Å². The molecular formula is C24H40N2O5. The lowest BCUT2D eigenvalue weighted by Gasteiger charge is -2.18. The molecule has 176 valence electrons. The Bertz CT molecular complexity index is 597. The minimum Gasteiger partial charge on any atom is -0.468 e. The summed E-state index contributed by atoms with van der Waals surface area (Å²) in [6.07, 6.45) is 7.31. The van der Waals surface area contributed by atoms with E-state index in [4.69, 9.17) is 9.47 Å². The molecule has 0 aliphatic heterocycles. The highest BCUT2D eigenvalue weighted by Gasteiger charge is 2.18. The van der Waals surface area contributed by atoms with Crippen LogP contribution < -0.4 is 10.6 Å². The first-order valence-corrected chi connectivity index (χ1v) is 11.5. The third-order valence-electron chi connectivity index (χ3n) is 5.15. The molecule has 0 heterocycles. The van der Waals surface area contributed by atoms with E-state index in [1.165, 1.54) is 20.0 Å². The Morgan fingerprint density at radius 3 is 2.42 bits per heavy atom. The van der Waals surface area contributed by atoms with Crippen LogP contribution in [0, 0.1) is 0 Å². The number of carbonyl (C=O) groups excluding carboxylic acids is 2. The van der Waals surface area contributed by atoms with Crippen molar-refractivity contribution in [3.8, 4) is 0 Å². The van der Waals surface area contributed by atoms with Crippen molar-refractivity contribution in [1.29, 1.82) is 0 Å². The third kappa shape index (κ3) is 13.7. The zero-order valence-corrected chi connectivity index (χ0v) is 19.1. The molecule has 3 N–H and O–H groups in total. The van der Waals surface area contributed by atoms with E-state index in [-0.39, 0.29) is 18.7 Å². The molecule has 2 unspecified atom stereocenters. The Labute approximate surface area is 186 Å². The van der Waals surface area contributed by atoms with E-state index in [1.807, 2.05) is 30.3 Å². The summed E-state index contributed by atoms with van der Waals surface area (Å²) in [6, 6.07) is 9.11. The second-order valence-corrected chi connectivity index (χ2v) is 7.81. The van der Waals surface area contributed by atoms with Crippen LogP contribution in [0.5, 0.6) is 0 Å². The van der Waals surface area contributed by atoms with Crippen LogP contribution in [0.15, 0.2) is 30.3 Å². The second kappa shape index (κ2) is 17.5. The van der Waals surface area contributed by atoms with Gasteiger partial charge in [-0.15, -0.1) is 0 Å². The molecule has 0 radical (unpaired) electrons. The van der Waals surface area contributed by atoms with Gasteiger partial charge in [0.2, 0.25) is 0 Å². The van der Waals surface area contributed by atoms with Crippen LogP contribution in [0.3, 0.4) is 0 Å². The quantitative estimate of drug-likeness (QED) is 0.253. The van der Waals surface area contributed by atoms with Crippen LogP contribution in [0.1, 0.15) is 70.3 Å². The van der Waals surface area contributed by atoms with Gasteiger partial charge in [-0.2, -0.15) is 0 Å². The van der Waals surface area contributed by atoms with E-state index >= 15 is 0 Å². The molecule has 1 rings (SSSR count). The van der Waals surface area contributed by atoms with Gasteiger partial charge in [-0.25, -0.2) is 4.79 Å². The number of hydrogen-bond donors (Lipinski definition) is 3. The average molecular weight is 437 g/mol. The van der Waals surface area contributed by atoms with E-state index in [9.17, 15) is 14.7 Å². The highest BCUT2D eigenvalue weighted by Crippen LogP contribution is 2.08. The lowest BCUT2D eigenvalue weighted by atomic mass is 10.1. The standard InChI is InChI=1S/C24H40N2O5/c1-3-4-5-9-14-21(27)16-18-25-22(23(28)30-2)15-10-11-17-26-24(29)31-19-20-12-7-6-8-13-20/h6-8,12-13,21-22,25,27H,3-5,9-11,14-19H2,1-2H3,(H,26,29). The number of benzene rings is 1. The Morgan fingerprint density at radius 1 is 0.968 bits per heavy atom. The number of alkyl carbamates (subject to hydrolysis) is 1. The summed E-state index contributed by atoms with van der Waals surface area (Å²) >= 11 is 0. The Balaban J connectivity index is 2.15. The lowest BCUT2D eigenvalue weighted by Crippen LogP contribution is -2.39. The number of nitrogens with one attached hydrogen (secondary N) is 2. The number of carbonyl (C=O) groups is 2. The maximum Gasteiger partial charge on any atom is 0.407 e. The molecule has 0 saturated heterocycles. The molecule has 1 amide bonds. The fourth-order valence-corrected chi connectivity index (χ4v) is 3.26. The number of aliphatic hydroxyl groups is 1. The van der Waals surface area contributed by atoms with Crippen LogP contribution in [0.2, 0.25) is 0 Å². The molecule has 0 saturated carbocycles. The summed E-state index contributed by atoms with van der Waals surface area (Å²) in [6.45, 7) is 3.46. The van der Waals surface area contributed by atoms with Gasteiger partial charge in [-0.1, -0.05) is 62.9 Å².